The third-order valence-corrected chi connectivity index (χ3v) is 25.1. The van der Waals surface area contributed by atoms with E-state index in [1.54, 1.807) is 78.9 Å². The second-order valence-corrected chi connectivity index (χ2v) is 33.3. The fourth-order valence-corrected chi connectivity index (χ4v) is 18.9. The number of aromatic nitrogens is 4. The summed E-state index contributed by atoms with van der Waals surface area (Å²) in [7, 11) is -1.73. The highest BCUT2D eigenvalue weighted by Gasteiger charge is 2.42. The molecule has 542 valence electrons. The summed E-state index contributed by atoms with van der Waals surface area (Å²) in [5.41, 5.74) is 1.80. The van der Waals surface area contributed by atoms with E-state index in [-0.39, 0.29) is 49.8 Å². The largest absolute Gasteiger partial charge is 0.491 e. The summed E-state index contributed by atoms with van der Waals surface area (Å²) in [6.45, 7) is 13.1. The zero-order valence-corrected chi connectivity index (χ0v) is 65.5. The van der Waals surface area contributed by atoms with Crippen LogP contribution in [0.3, 0.4) is 0 Å². The van der Waals surface area contributed by atoms with E-state index in [4.69, 9.17) is 10.0 Å². The fourth-order valence-electron chi connectivity index (χ4n) is 12.7. The highest BCUT2D eigenvalue weighted by atomic mass is 79.9. The Hall–Kier alpha value is -7.13. The Morgan fingerprint density at radius 3 is 0.961 bits per heavy atom. The number of unbranched alkanes of at least 4 members (excludes halogenated alkanes) is 3. The van der Waals surface area contributed by atoms with Gasteiger partial charge in [0, 0.05) is 45.9 Å². The highest BCUT2D eigenvalue weighted by molar-refractivity contribution is 9.11. The molecule has 103 heavy (non-hydrogen) atoms. The number of aryl methyl sites for hydroxylation is 3. The van der Waals surface area contributed by atoms with Gasteiger partial charge in [0.25, 0.3) is 0 Å². The molecule has 0 radical (unpaired) electrons. The van der Waals surface area contributed by atoms with Crippen molar-refractivity contribution >= 4 is 158 Å². The van der Waals surface area contributed by atoms with Gasteiger partial charge in [-0.25, -0.2) is 13.2 Å². The molecule has 0 aliphatic rings. The number of nitro groups is 4. The molecule has 0 aliphatic heterocycles. The highest BCUT2D eigenvalue weighted by Crippen LogP contribution is 2.55. The van der Waals surface area contributed by atoms with Gasteiger partial charge >= 0.3 is 29.9 Å². The van der Waals surface area contributed by atoms with Gasteiger partial charge in [-0.2, -0.15) is 17.5 Å². The minimum atomic E-state index is -1.73. The molecule has 0 bridgehead atoms. The lowest BCUT2D eigenvalue weighted by Gasteiger charge is -2.14. The van der Waals surface area contributed by atoms with Gasteiger partial charge in [-0.05, 0) is 172 Å². The summed E-state index contributed by atoms with van der Waals surface area (Å²) in [6.07, 6.45) is 19.5. The van der Waals surface area contributed by atoms with Gasteiger partial charge in [-0.1, -0.05) is 155 Å². The topological polar surface area (TPSA) is 265 Å². The molecular formula is C73H76BBr2F3N8O10S6. The maximum absolute atomic E-state index is 15.6. The first-order valence-corrected chi connectivity index (χ1v) is 40.5. The minimum absolute atomic E-state index is 0.0383. The van der Waals surface area contributed by atoms with Crippen molar-refractivity contribution < 1.29 is 42.9 Å². The lowest BCUT2D eigenvalue weighted by molar-refractivity contribution is -0.421. The molecule has 11 rings (SSSR count). The lowest BCUT2D eigenvalue weighted by atomic mass is 9.79. The van der Waals surface area contributed by atoms with Crippen LogP contribution < -0.4 is 5.46 Å². The average Bonchev–Trinajstić information content (AvgIpc) is 1.66. The molecule has 0 saturated carbocycles. The Kier molecular flexibility index (Phi) is 29.3. The summed E-state index contributed by atoms with van der Waals surface area (Å²) in [5.74, 6) is 0.570. The Morgan fingerprint density at radius 2 is 0.699 bits per heavy atom. The van der Waals surface area contributed by atoms with E-state index in [0.717, 1.165) is 141 Å². The van der Waals surface area contributed by atoms with Gasteiger partial charge in [0.1, 0.15) is 61.8 Å². The summed E-state index contributed by atoms with van der Waals surface area (Å²) in [6, 6.07) is 28.4. The molecule has 6 heterocycles. The predicted octanol–water partition coefficient (Wildman–Crippen LogP) is 24.0. The first kappa shape index (κ1) is 80.0. The van der Waals surface area contributed by atoms with Crippen molar-refractivity contribution in [2.24, 2.45) is 17.8 Å². The Morgan fingerprint density at radius 1 is 0.408 bits per heavy atom. The van der Waals surface area contributed by atoms with Gasteiger partial charge in [0.15, 0.2) is 0 Å². The van der Waals surface area contributed by atoms with Gasteiger partial charge in [0.05, 0.1) is 50.7 Å². The van der Waals surface area contributed by atoms with Crippen molar-refractivity contribution in [3.8, 4) is 62.6 Å². The van der Waals surface area contributed by atoms with E-state index >= 15 is 8.78 Å². The first-order chi connectivity index (χ1) is 49.5. The molecule has 3 unspecified atom stereocenters. The molecular weight excluding hydrogens is 1570 g/mol. The number of nitro benzene ring substituents is 4. The molecule has 6 aromatic heterocycles. The number of fused-ring (bicyclic) bond motifs is 2. The number of hydrogen-bond acceptors (Lipinski definition) is 20. The van der Waals surface area contributed by atoms with E-state index in [9.17, 15) is 44.8 Å². The summed E-state index contributed by atoms with van der Waals surface area (Å²) >= 11 is 13.0. The molecule has 11 aromatic rings. The molecule has 30 heteroatoms. The number of halogens is 5. The second kappa shape index (κ2) is 37.7. The molecule has 2 N–H and O–H groups in total. The maximum Gasteiger partial charge on any atom is 0.491 e. The number of hydrogen-bond donors (Lipinski definition) is 2. The van der Waals surface area contributed by atoms with Crippen LogP contribution in [-0.4, -0.2) is 54.4 Å². The van der Waals surface area contributed by atoms with Crippen LogP contribution in [0.1, 0.15) is 155 Å². The first-order valence-electron chi connectivity index (χ1n) is 34.2. The smallest absolute Gasteiger partial charge is 0.423 e. The summed E-state index contributed by atoms with van der Waals surface area (Å²) in [5, 5.41) is 67.5. The van der Waals surface area contributed by atoms with Crippen LogP contribution in [0.5, 0.6) is 0 Å². The number of rotatable bonds is 32. The Bertz CT molecular complexity index is 4540. The molecule has 0 aliphatic carbocycles. The lowest BCUT2D eigenvalue weighted by Crippen LogP contribution is -2.32. The third-order valence-electron chi connectivity index (χ3n) is 18.5. The van der Waals surface area contributed by atoms with Crippen molar-refractivity contribution in [3.05, 3.63) is 185 Å². The zero-order chi connectivity index (χ0) is 74.2. The number of thiophene rings is 4. The summed E-state index contributed by atoms with van der Waals surface area (Å²) < 4.78 is 63.6. The van der Waals surface area contributed by atoms with Gasteiger partial charge in [-0.3, -0.25) is 40.5 Å². The van der Waals surface area contributed by atoms with Crippen molar-refractivity contribution in [3.63, 3.8) is 0 Å². The van der Waals surface area contributed by atoms with Crippen molar-refractivity contribution in [1.29, 1.82) is 0 Å². The van der Waals surface area contributed by atoms with Crippen LogP contribution in [-0.2, 0) is 19.3 Å². The molecule has 0 fully saturated rings. The second-order valence-electron chi connectivity index (χ2n) is 25.1. The molecule has 18 nitrogen and oxygen atoms in total. The van der Waals surface area contributed by atoms with E-state index in [1.807, 2.05) is 12.1 Å². The fraction of sp³-hybridized carbons (Fsp3) is 0.370. The Labute approximate surface area is 636 Å². The SMILES string of the molecule is CCCCC(CC)CCc1ccc(-c2ccc(-c3c([N+](=O)[O-])c([N+](=O)[O-])c(-c4ccc(-c5ccc(CCC(CC)CCCC)cc5F)s4)c4nsnc34)s2)c(F)c1.CCCCC(CC)CCc1ccc(B(O)O)c(F)c1.O=[N+]([O-])c1c([N+](=O)[O-])c(-c2ccc(Br)s2)c2nsnc2c1-c1ccc(Br)s1. The van der Waals surface area contributed by atoms with Gasteiger partial charge < -0.3 is 10.0 Å². The number of nitrogens with zero attached hydrogens (tertiary/aromatic N) is 8. The standard InChI is InChI=1S/C44H48F2N4O4S3.C15H24BFO2.C14H4Br2N4O4S3/c1-5-9-11-27(7-3)13-15-29-17-19-31(33(45)25-29)35-21-23-37(55-35)39-41-42(48-57-47-41)40(44(50(53)54)43(39)49(51)52)38-24-22-36(56-38)32-20-18-30(26-34(32)46)16-14-28(8-4)12-10-6-2;1-3-5-6-12(4-2)7-8-13-9-10-14(16(18)19)15(17)11-13;15-7-3-1-5(25-7)9-11-12(18-27-17-11)10(6-2-4-8(16)26-6)14(20(23)24)13(9)19(21)22/h17-28H,5-16H2,1-4H3;9-12,18-19H,3-8H2,1-2H3;1-4H. The molecule has 0 amide bonds. The van der Waals surface area contributed by atoms with Crippen molar-refractivity contribution in [2.45, 2.75) is 157 Å². The molecule has 3 atom stereocenters. The van der Waals surface area contributed by atoms with E-state index < -0.39 is 67.0 Å². The van der Waals surface area contributed by atoms with E-state index in [2.05, 4.69) is 90.9 Å². The molecule has 0 spiro atoms. The van der Waals surface area contributed by atoms with Crippen LogP contribution in [0.25, 0.3) is 84.7 Å². The quantitative estimate of drug-likeness (QED) is 0.0226. The van der Waals surface area contributed by atoms with E-state index in [0.29, 0.717) is 58.1 Å². The molecule has 0 saturated heterocycles. The third kappa shape index (κ3) is 19.5. The van der Waals surface area contributed by atoms with Crippen molar-refractivity contribution in [1.82, 2.24) is 17.5 Å². The molecule has 5 aromatic carbocycles. The van der Waals surface area contributed by atoms with Gasteiger partial charge in [-0.15, -0.1) is 45.3 Å². The monoisotopic (exact) mass is 1640 g/mol. The zero-order valence-electron chi connectivity index (χ0n) is 57.4. The Balaban J connectivity index is 0.000000219. The van der Waals surface area contributed by atoms with Crippen LogP contribution >= 0.6 is 101 Å². The van der Waals surface area contributed by atoms with Crippen LogP contribution in [0.4, 0.5) is 35.9 Å². The van der Waals surface area contributed by atoms with Crippen molar-refractivity contribution in [2.75, 3.05) is 0 Å². The van der Waals surface area contributed by atoms with Crippen LogP contribution in [0.2, 0.25) is 0 Å². The normalized spacial score (nSPS) is 12.2. The average molecular weight is 1650 g/mol. The summed E-state index contributed by atoms with van der Waals surface area (Å²) in [4.78, 5) is 49.3. The van der Waals surface area contributed by atoms with Crippen LogP contribution in [0.15, 0.2) is 111 Å². The maximum atomic E-state index is 15.6. The van der Waals surface area contributed by atoms with Crippen LogP contribution in [0, 0.1) is 75.7 Å². The van der Waals surface area contributed by atoms with E-state index in [1.165, 1.54) is 79.8 Å². The predicted molar refractivity (Wildman–Crippen MR) is 422 cm³/mol. The minimum Gasteiger partial charge on any atom is -0.423 e. The number of benzene rings is 5. The van der Waals surface area contributed by atoms with Gasteiger partial charge in [0.2, 0.25) is 0 Å².